The van der Waals surface area contributed by atoms with Gasteiger partial charge in [-0.25, -0.2) is 0 Å². The molecule has 0 radical (unpaired) electrons. The maximum atomic E-state index is 5.87. The van der Waals surface area contributed by atoms with Crippen LogP contribution in [-0.4, -0.2) is 12.5 Å². The van der Waals surface area contributed by atoms with Gasteiger partial charge >= 0.3 is 0 Å². The van der Waals surface area contributed by atoms with Crippen molar-refractivity contribution in [1.82, 2.24) is 0 Å². The van der Waals surface area contributed by atoms with E-state index in [-0.39, 0.29) is 5.92 Å². The van der Waals surface area contributed by atoms with Crippen LogP contribution in [0.3, 0.4) is 0 Å². The van der Waals surface area contributed by atoms with Gasteiger partial charge in [-0.3, -0.25) is 4.99 Å². The SMILES string of the molecule is Cc1ccc2c(c1)C(c1ccccc1)CN=C(N)N2. The number of guanidine groups is 1. The molecule has 0 saturated heterocycles. The molecule has 96 valence electrons. The Morgan fingerprint density at radius 2 is 1.95 bits per heavy atom. The first-order valence-electron chi connectivity index (χ1n) is 6.46. The van der Waals surface area contributed by atoms with Crippen molar-refractivity contribution < 1.29 is 0 Å². The van der Waals surface area contributed by atoms with Crippen molar-refractivity contribution in [1.29, 1.82) is 0 Å². The van der Waals surface area contributed by atoms with Gasteiger partial charge in [0.15, 0.2) is 5.96 Å². The third kappa shape index (κ3) is 2.32. The second kappa shape index (κ2) is 4.76. The normalized spacial score (nSPS) is 17.9. The van der Waals surface area contributed by atoms with Crippen LogP contribution in [0.2, 0.25) is 0 Å². The summed E-state index contributed by atoms with van der Waals surface area (Å²) in [6, 6.07) is 16.8. The lowest BCUT2D eigenvalue weighted by molar-refractivity contribution is 0.827. The molecule has 3 rings (SSSR count). The van der Waals surface area contributed by atoms with Crippen molar-refractivity contribution in [3.63, 3.8) is 0 Å². The van der Waals surface area contributed by atoms with Crippen LogP contribution in [0, 0.1) is 6.92 Å². The Morgan fingerprint density at radius 1 is 1.16 bits per heavy atom. The van der Waals surface area contributed by atoms with E-state index in [1.165, 1.54) is 16.7 Å². The maximum Gasteiger partial charge on any atom is 0.193 e. The summed E-state index contributed by atoms with van der Waals surface area (Å²) in [6.07, 6.45) is 0. The molecular formula is C16H17N3. The monoisotopic (exact) mass is 251 g/mol. The molecule has 0 saturated carbocycles. The number of nitrogens with zero attached hydrogens (tertiary/aromatic N) is 1. The van der Waals surface area contributed by atoms with E-state index < -0.39 is 0 Å². The van der Waals surface area contributed by atoms with Gasteiger partial charge in [-0.2, -0.15) is 0 Å². The molecule has 1 atom stereocenters. The van der Waals surface area contributed by atoms with E-state index in [1.54, 1.807) is 0 Å². The number of nitrogens with two attached hydrogens (primary N) is 1. The van der Waals surface area contributed by atoms with Crippen LogP contribution in [0.4, 0.5) is 5.69 Å². The first-order valence-corrected chi connectivity index (χ1v) is 6.46. The minimum atomic E-state index is 0.254. The molecule has 1 heterocycles. The lowest BCUT2D eigenvalue weighted by Crippen LogP contribution is -2.21. The first-order chi connectivity index (χ1) is 9.24. The van der Waals surface area contributed by atoms with E-state index in [0.29, 0.717) is 12.5 Å². The molecule has 3 heteroatoms. The first kappa shape index (κ1) is 11.8. The highest BCUT2D eigenvalue weighted by molar-refractivity contribution is 5.94. The molecule has 2 aromatic rings. The zero-order valence-electron chi connectivity index (χ0n) is 10.9. The Labute approximate surface area is 113 Å². The number of fused-ring (bicyclic) bond motifs is 1. The van der Waals surface area contributed by atoms with E-state index in [2.05, 4.69) is 59.7 Å². The Hall–Kier alpha value is -2.29. The van der Waals surface area contributed by atoms with Crippen LogP contribution in [0.25, 0.3) is 0 Å². The fourth-order valence-corrected chi connectivity index (χ4v) is 2.52. The Bertz CT molecular complexity index is 617. The minimum Gasteiger partial charge on any atom is -0.370 e. The Morgan fingerprint density at radius 3 is 2.74 bits per heavy atom. The number of hydrogen-bond donors (Lipinski definition) is 2. The molecule has 0 fully saturated rings. The van der Waals surface area contributed by atoms with Gasteiger partial charge in [0.05, 0.1) is 6.54 Å². The van der Waals surface area contributed by atoms with Gasteiger partial charge in [0.2, 0.25) is 0 Å². The van der Waals surface area contributed by atoms with Crippen molar-refractivity contribution in [2.75, 3.05) is 11.9 Å². The molecule has 0 bridgehead atoms. The lowest BCUT2D eigenvalue weighted by atomic mass is 9.89. The van der Waals surface area contributed by atoms with E-state index >= 15 is 0 Å². The van der Waals surface area contributed by atoms with E-state index in [1.807, 2.05) is 6.07 Å². The van der Waals surface area contributed by atoms with Gasteiger partial charge in [0.1, 0.15) is 0 Å². The van der Waals surface area contributed by atoms with Crippen LogP contribution >= 0.6 is 0 Å². The summed E-state index contributed by atoms with van der Waals surface area (Å²) in [5.41, 5.74) is 10.7. The Kier molecular flexibility index (Phi) is 2.95. The van der Waals surface area contributed by atoms with Gasteiger partial charge in [-0.05, 0) is 24.1 Å². The third-order valence-corrected chi connectivity index (χ3v) is 3.49. The van der Waals surface area contributed by atoms with Crippen molar-refractivity contribution in [3.8, 4) is 0 Å². The highest BCUT2D eigenvalue weighted by Gasteiger charge is 2.20. The summed E-state index contributed by atoms with van der Waals surface area (Å²) in [7, 11) is 0. The lowest BCUT2D eigenvalue weighted by Gasteiger charge is -2.17. The zero-order valence-corrected chi connectivity index (χ0v) is 10.9. The number of aryl methyl sites for hydroxylation is 1. The zero-order chi connectivity index (χ0) is 13.2. The highest BCUT2D eigenvalue weighted by Crippen LogP contribution is 2.33. The minimum absolute atomic E-state index is 0.254. The maximum absolute atomic E-state index is 5.87. The molecule has 2 aromatic carbocycles. The molecule has 0 spiro atoms. The number of nitrogens with one attached hydrogen (secondary N) is 1. The predicted molar refractivity (Wildman–Crippen MR) is 79.6 cm³/mol. The molecule has 0 aromatic heterocycles. The second-order valence-corrected chi connectivity index (χ2v) is 4.90. The van der Waals surface area contributed by atoms with Gasteiger partial charge in [0.25, 0.3) is 0 Å². The van der Waals surface area contributed by atoms with Gasteiger partial charge < -0.3 is 11.1 Å². The second-order valence-electron chi connectivity index (χ2n) is 4.90. The fourth-order valence-electron chi connectivity index (χ4n) is 2.52. The Balaban J connectivity index is 2.13. The predicted octanol–water partition coefficient (Wildman–Crippen LogP) is 2.87. The van der Waals surface area contributed by atoms with Gasteiger partial charge in [-0.1, -0.05) is 48.0 Å². The van der Waals surface area contributed by atoms with E-state index in [0.717, 1.165) is 5.69 Å². The molecule has 1 unspecified atom stereocenters. The van der Waals surface area contributed by atoms with Gasteiger partial charge in [0, 0.05) is 11.6 Å². The standard InChI is InChI=1S/C16H17N3/c1-11-7-8-15-13(9-11)14(10-18-16(17)19-15)12-5-3-2-4-6-12/h2-9,14H,10H2,1H3,(H3,17,18,19). The van der Waals surface area contributed by atoms with E-state index in [9.17, 15) is 0 Å². The molecule has 1 aliphatic rings. The van der Waals surface area contributed by atoms with Crippen molar-refractivity contribution in [2.24, 2.45) is 10.7 Å². The molecular weight excluding hydrogens is 234 g/mol. The third-order valence-electron chi connectivity index (χ3n) is 3.49. The largest absolute Gasteiger partial charge is 0.370 e. The fraction of sp³-hybridized carbons (Fsp3) is 0.188. The topological polar surface area (TPSA) is 50.4 Å². The average molecular weight is 251 g/mol. The average Bonchev–Trinajstić information content (AvgIpc) is 2.58. The molecule has 0 aliphatic carbocycles. The summed E-state index contributed by atoms with van der Waals surface area (Å²) in [5, 5.41) is 3.18. The summed E-state index contributed by atoms with van der Waals surface area (Å²) < 4.78 is 0. The molecule has 0 amide bonds. The van der Waals surface area contributed by atoms with Crippen LogP contribution in [0.5, 0.6) is 0 Å². The quantitative estimate of drug-likeness (QED) is 0.818. The highest BCUT2D eigenvalue weighted by atomic mass is 15.1. The van der Waals surface area contributed by atoms with Gasteiger partial charge in [-0.15, -0.1) is 0 Å². The smallest absolute Gasteiger partial charge is 0.193 e. The molecule has 3 N–H and O–H groups in total. The van der Waals surface area contributed by atoms with Crippen LogP contribution < -0.4 is 11.1 Å². The van der Waals surface area contributed by atoms with E-state index in [4.69, 9.17) is 5.73 Å². The van der Waals surface area contributed by atoms with Crippen molar-refractivity contribution >= 4 is 11.6 Å². The molecule has 19 heavy (non-hydrogen) atoms. The van der Waals surface area contributed by atoms with Crippen LogP contribution in [-0.2, 0) is 0 Å². The number of hydrogen-bond acceptors (Lipinski definition) is 3. The number of aliphatic imine (C=N–C) groups is 1. The van der Waals surface area contributed by atoms with Crippen LogP contribution in [0.1, 0.15) is 22.6 Å². The molecule has 1 aliphatic heterocycles. The summed E-state index contributed by atoms with van der Waals surface area (Å²) >= 11 is 0. The number of rotatable bonds is 1. The summed E-state index contributed by atoms with van der Waals surface area (Å²) in [5.74, 6) is 0.744. The number of benzene rings is 2. The number of anilines is 1. The summed E-state index contributed by atoms with van der Waals surface area (Å²) in [6.45, 7) is 2.79. The van der Waals surface area contributed by atoms with Crippen molar-refractivity contribution in [2.45, 2.75) is 12.8 Å². The van der Waals surface area contributed by atoms with Crippen LogP contribution in [0.15, 0.2) is 53.5 Å². The molecule has 3 nitrogen and oxygen atoms in total. The van der Waals surface area contributed by atoms with Crippen molar-refractivity contribution in [3.05, 3.63) is 65.2 Å². The summed E-state index contributed by atoms with van der Waals surface area (Å²) in [4.78, 5) is 4.41.